The molecule has 0 radical (unpaired) electrons. The average Bonchev–Trinajstić information content (AvgIpc) is 3.17. The van der Waals surface area contributed by atoms with Gasteiger partial charge in [0.25, 0.3) is 0 Å². The van der Waals surface area contributed by atoms with Crippen molar-refractivity contribution < 1.29 is 38.6 Å². The Balaban J connectivity index is 1.72. The van der Waals surface area contributed by atoms with E-state index in [1.54, 1.807) is 59.1 Å². The molecule has 0 aliphatic carbocycles. The molecule has 0 fully saturated rings. The van der Waals surface area contributed by atoms with Crippen molar-refractivity contribution in [2.24, 2.45) is 17.8 Å². The van der Waals surface area contributed by atoms with Crippen LogP contribution in [0.3, 0.4) is 0 Å². The number of esters is 1. The molecule has 0 aliphatic rings. The van der Waals surface area contributed by atoms with Crippen molar-refractivity contribution in [1.29, 1.82) is 0 Å². The molecular formula is C43H58N4O8. The lowest BCUT2D eigenvalue weighted by Crippen LogP contribution is -2.57. The van der Waals surface area contributed by atoms with Gasteiger partial charge >= 0.3 is 5.97 Å². The van der Waals surface area contributed by atoms with Crippen LogP contribution in [0.4, 0.5) is 0 Å². The summed E-state index contributed by atoms with van der Waals surface area (Å²) < 4.78 is 10.8. The van der Waals surface area contributed by atoms with Crippen molar-refractivity contribution in [3.8, 4) is 5.75 Å². The summed E-state index contributed by atoms with van der Waals surface area (Å²) in [5, 5.41) is 22.8. The molecule has 0 unspecified atom stereocenters. The van der Waals surface area contributed by atoms with Crippen LogP contribution in [0, 0.1) is 17.8 Å². The van der Waals surface area contributed by atoms with Crippen LogP contribution in [0.5, 0.6) is 5.75 Å². The first kappa shape index (κ1) is 44.2. The zero-order valence-corrected chi connectivity index (χ0v) is 33.0. The first-order chi connectivity index (χ1) is 26.2. The van der Waals surface area contributed by atoms with E-state index in [1.165, 1.54) is 0 Å². The van der Waals surface area contributed by atoms with Gasteiger partial charge in [-0.2, -0.15) is 0 Å². The number of aliphatic hydroxyl groups excluding tert-OH is 1. The molecule has 55 heavy (non-hydrogen) atoms. The van der Waals surface area contributed by atoms with Crippen LogP contribution in [0.25, 0.3) is 0 Å². The van der Waals surface area contributed by atoms with Crippen LogP contribution in [-0.4, -0.2) is 72.1 Å². The highest BCUT2D eigenvalue weighted by molar-refractivity contribution is 5.91. The number of nitrogens with one attached hydrogen (secondary N) is 4. The number of hydrogen-bond acceptors (Lipinski definition) is 8. The van der Waals surface area contributed by atoms with Gasteiger partial charge in [0.2, 0.25) is 23.6 Å². The van der Waals surface area contributed by atoms with E-state index < -0.39 is 60.4 Å². The highest BCUT2D eigenvalue weighted by Crippen LogP contribution is 2.16. The average molecular weight is 759 g/mol. The van der Waals surface area contributed by atoms with E-state index in [0.717, 1.165) is 16.7 Å². The Hall–Kier alpha value is -5.23. The predicted molar refractivity (Wildman–Crippen MR) is 211 cm³/mol. The predicted octanol–water partition coefficient (Wildman–Crippen LogP) is 4.27. The van der Waals surface area contributed by atoms with E-state index in [4.69, 9.17) is 9.47 Å². The largest absolute Gasteiger partial charge is 0.497 e. The minimum atomic E-state index is -1.36. The van der Waals surface area contributed by atoms with Gasteiger partial charge in [0, 0.05) is 0 Å². The first-order valence-electron chi connectivity index (χ1n) is 19.0. The summed E-state index contributed by atoms with van der Waals surface area (Å²) in [6.07, 6.45) is -1.03. The van der Waals surface area contributed by atoms with E-state index in [-0.39, 0.29) is 43.1 Å². The number of rotatable bonds is 21. The van der Waals surface area contributed by atoms with Crippen LogP contribution in [0.15, 0.2) is 84.9 Å². The number of carbonyl (C=O) groups is 5. The fourth-order valence-corrected chi connectivity index (χ4v) is 5.98. The Morgan fingerprint density at radius 3 is 1.80 bits per heavy atom. The number of carbonyl (C=O) groups excluding carboxylic acids is 5. The minimum Gasteiger partial charge on any atom is -0.497 e. The maximum absolute atomic E-state index is 13.8. The summed E-state index contributed by atoms with van der Waals surface area (Å²) in [4.78, 5) is 67.1. The molecule has 0 aromatic heterocycles. The third-order valence-corrected chi connectivity index (χ3v) is 9.50. The van der Waals surface area contributed by atoms with Gasteiger partial charge in [0.05, 0.1) is 32.1 Å². The Kier molecular flexibility index (Phi) is 17.8. The number of aliphatic hydroxyl groups is 1. The Morgan fingerprint density at radius 2 is 1.22 bits per heavy atom. The van der Waals surface area contributed by atoms with Crippen molar-refractivity contribution in [3.63, 3.8) is 0 Å². The highest BCUT2D eigenvalue weighted by atomic mass is 16.5. The zero-order chi connectivity index (χ0) is 40.5. The molecule has 5 N–H and O–H groups in total. The lowest BCUT2D eigenvalue weighted by atomic mass is 9.95. The molecule has 12 nitrogen and oxygen atoms in total. The normalized spacial score (nSPS) is 14.4. The highest BCUT2D eigenvalue weighted by Gasteiger charge is 2.34. The second-order valence-electron chi connectivity index (χ2n) is 14.6. The smallest absolute Gasteiger partial charge is 0.329 e. The number of hydrogen-bond donors (Lipinski definition) is 5. The number of benzene rings is 3. The molecule has 0 aliphatic heterocycles. The van der Waals surface area contributed by atoms with Crippen molar-refractivity contribution in [3.05, 3.63) is 102 Å². The minimum absolute atomic E-state index is 0.0294. The van der Waals surface area contributed by atoms with Gasteiger partial charge in [-0.05, 0) is 53.0 Å². The van der Waals surface area contributed by atoms with E-state index in [1.807, 2.05) is 74.5 Å². The zero-order valence-electron chi connectivity index (χ0n) is 33.0. The van der Waals surface area contributed by atoms with Gasteiger partial charge in [-0.1, -0.05) is 121 Å². The van der Waals surface area contributed by atoms with Gasteiger partial charge in [-0.25, -0.2) is 4.79 Å². The van der Waals surface area contributed by atoms with Crippen LogP contribution < -0.4 is 26.0 Å². The molecule has 12 heteroatoms. The number of methoxy groups -OCH3 is 1. The number of ether oxygens (including phenoxy) is 2. The standard InChI is InChI=1S/C43H58N4O8/c1-8-29(6)40(42(52)47-39(28(4)5)43(53)55-26-31-18-13-10-14-19-31)46-37(50)25-35(48)34(23-30-16-11-9-12-17-30)44-41(51)38(27(2)3)45-36(49)24-32-20-15-21-33(22-32)54-7/h9-22,27-29,34-35,38-40,48H,8,23-26H2,1-7H3,(H,44,51)(H,45,49)(H,46,50)(H,47,52)/t29-,34-,35-,38-,39-,40-/m0/s1. The third-order valence-electron chi connectivity index (χ3n) is 9.50. The Labute approximate surface area is 325 Å². The van der Waals surface area contributed by atoms with Crippen LogP contribution in [-0.2, 0) is 48.2 Å². The molecule has 0 spiro atoms. The monoisotopic (exact) mass is 758 g/mol. The Bertz CT molecular complexity index is 1680. The van der Waals surface area contributed by atoms with Crippen molar-refractivity contribution >= 4 is 29.6 Å². The summed E-state index contributed by atoms with van der Waals surface area (Å²) in [6.45, 7) is 10.9. The summed E-state index contributed by atoms with van der Waals surface area (Å²) in [7, 11) is 1.54. The van der Waals surface area contributed by atoms with Crippen molar-refractivity contribution in [2.75, 3.05) is 7.11 Å². The molecule has 0 bridgehead atoms. The van der Waals surface area contributed by atoms with E-state index in [9.17, 15) is 29.1 Å². The van der Waals surface area contributed by atoms with Gasteiger partial charge < -0.3 is 35.8 Å². The van der Waals surface area contributed by atoms with E-state index in [0.29, 0.717) is 12.2 Å². The first-order valence-corrected chi connectivity index (χ1v) is 19.0. The molecule has 0 heterocycles. The molecule has 0 saturated carbocycles. The van der Waals surface area contributed by atoms with Crippen molar-refractivity contribution in [1.82, 2.24) is 21.3 Å². The summed E-state index contributed by atoms with van der Waals surface area (Å²) in [5.41, 5.74) is 2.34. The maximum atomic E-state index is 13.8. The summed E-state index contributed by atoms with van der Waals surface area (Å²) in [5.74, 6) is -2.93. The van der Waals surface area contributed by atoms with E-state index >= 15 is 0 Å². The lowest BCUT2D eigenvalue weighted by Gasteiger charge is -2.30. The van der Waals surface area contributed by atoms with Crippen LogP contribution in [0.2, 0.25) is 0 Å². The topological polar surface area (TPSA) is 172 Å². The fourth-order valence-electron chi connectivity index (χ4n) is 5.98. The number of amides is 4. The quantitative estimate of drug-likeness (QED) is 0.100. The van der Waals surface area contributed by atoms with Gasteiger partial charge in [-0.15, -0.1) is 0 Å². The Morgan fingerprint density at radius 1 is 0.655 bits per heavy atom. The SMILES string of the molecule is CC[C@H](C)[C@H](NC(=O)C[C@H](O)[C@H](Cc1ccccc1)NC(=O)[C@@H](NC(=O)Cc1cccc(OC)c1)C(C)C)C(=O)N[C@H](C(=O)OCc1ccccc1)C(C)C. The van der Waals surface area contributed by atoms with Crippen LogP contribution >= 0.6 is 0 Å². The van der Waals surface area contributed by atoms with Gasteiger partial charge in [-0.3, -0.25) is 19.2 Å². The molecule has 3 aromatic rings. The van der Waals surface area contributed by atoms with Crippen molar-refractivity contribution in [2.45, 2.75) is 104 Å². The molecule has 4 amide bonds. The molecule has 0 saturated heterocycles. The maximum Gasteiger partial charge on any atom is 0.329 e. The lowest BCUT2D eigenvalue weighted by molar-refractivity contribution is -0.150. The molecule has 6 atom stereocenters. The summed E-state index contributed by atoms with van der Waals surface area (Å²) in [6, 6.07) is 21.7. The molecular weight excluding hydrogens is 700 g/mol. The van der Waals surface area contributed by atoms with E-state index in [2.05, 4.69) is 21.3 Å². The van der Waals surface area contributed by atoms with Crippen LogP contribution in [0.1, 0.15) is 71.1 Å². The fraction of sp³-hybridized carbons (Fsp3) is 0.465. The van der Waals surface area contributed by atoms with Gasteiger partial charge in [0.15, 0.2) is 0 Å². The summed E-state index contributed by atoms with van der Waals surface area (Å²) >= 11 is 0. The second-order valence-corrected chi connectivity index (χ2v) is 14.6. The molecule has 3 aromatic carbocycles. The second kappa shape index (κ2) is 22.2. The third kappa shape index (κ3) is 14.5. The molecule has 3 rings (SSSR count). The van der Waals surface area contributed by atoms with Gasteiger partial charge in [0.1, 0.15) is 30.5 Å². The molecule has 298 valence electrons.